The van der Waals surface area contributed by atoms with Crippen LogP contribution in [0, 0.1) is 40.4 Å². The first-order valence-corrected chi connectivity index (χ1v) is 14.0. The first kappa shape index (κ1) is 30.4. The first-order chi connectivity index (χ1) is 15.7. The normalized spacial score (nSPS) is 39.1. The molecule has 0 saturated heterocycles. The summed E-state index contributed by atoms with van der Waals surface area (Å²) in [7, 11) is 3.59. The van der Waals surface area contributed by atoms with Crippen LogP contribution in [0.4, 0.5) is 0 Å². The highest BCUT2D eigenvalue weighted by molar-refractivity contribution is 5.91. The zero-order chi connectivity index (χ0) is 25.6. The fourth-order valence-electron chi connectivity index (χ4n) is 8.21. The predicted octanol–water partition coefficient (Wildman–Crippen LogP) is 8.47. The van der Waals surface area contributed by atoms with Crippen LogP contribution >= 0.6 is 0 Å². The van der Waals surface area contributed by atoms with E-state index in [4.69, 9.17) is 9.47 Å². The zero-order valence-electron chi connectivity index (χ0n) is 24.1. The van der Waals surface area contributed by atoms with Gasteiger partial charge in [0.2, 0.25) is 0 Å². The van der Waals surface area contributed by atoms with E-state index in [9.17, 15) is 4.79 Å². The Kier molecular flexibility index (Phi) is 11.4. The molecule has 3 nitrogen and oxygen atoms in total. The van der Waals surface area contributed by atoms with Crippen molar-refractivity contribution in [3.8, 4) is 0 Å². The summed E-state index contributed by atoms with van der Waals surface area (Å²) in [5, 5.41) is 0. The van der Waals surface area contributed by atoms with Crippen molar-refractivity contribution in [2.75, 3.05) is 14.2 Å². The van der Waals surface area contributed by atoms with Crippen molar-refractivity contribution in [3.63, 3.8) is 0 Å². The number of ether oxygens (including phenoxy) is 2. The highest BCUT2D eigenvalue weighted by Crippen LogP contribution is 2.68. The minimum Gasteiger partial charge on any atom is -0.353 e. The van der Waals surface area contributed by atoms with E-state index in [1.165, 1.54) is 37.7 Å². The average molecular weight is 465 g/mol. The van der Waals surface area contributed by atoms with E-state index in [1.807, 2.05) is 47.6 Å². The van der Waals surface area contributed by atoms with Gasteiger partial charge in [-0.2, -0.15) is 0 Å². The highest BCUT2D eigenvalue weighted by Gasteiger charge is 2.63. The standard InChI is InChI=1S/C24H38O3.3C2H6/c1-15-13-17-18-7-8-21(24(4,26-5)27-6)23(18,3)12-10-19(17)22(2)11-9-16(25)14-20(15)22;3*1-2/h14-15,17-19,21H,7-13H2,1-6H3;3*1-2H3/t15-,17?,18?,19-,21?,22?,23?;;;/m0.../s1. The number of carbonyl (C=O) groups excluding carboxylic acids is 1. The van der Waals surface area contributed by atoms with E-state index >= 15 is 0 Å². The third-order valence-corrected chi connectivity index (χ3v) is 9.72. The van der Waals surface area contributed by atoms with Crippen molar-refractivity contribution in [3.05, 3.63) is 11.6 Å². The molecule has 7 atom stereocenters. The van der Waals surface area contributed by atoms with Crippen LogP contribution in [0.25, 0.3) is 0 Å². The topological polar surface area (TPSA) is 35.5 Å². The van der Waals surface area contributed by atoms with Gasteiger partial charge in [0, 0.05) is 26.6 Å². The lowest BCUT2D eigenvalue weighted by Crippen LogP contribution is -2.55. The van der Waals surface area contributed by atoms with E-state index in [0.29, 0.717) is 23.0 Å². The molecule has 0 spiro atoms. The van der Waals surface area contributed by atoms with Crippen LogP contribution in [0.3, 0.4) is 0 Å². The van der Waals surface area contributed by atoms with Crippen molar-refractivity contribution < 1.29 is 14.3 Å². The lowest BCUT2D eigenvalue weighted by molar-refractivity contribution is -0.252. The summed E-state index contributed by atoms with van der Waals surface area (Å²) in [5.74, 6) is 3.13. The lowest BCUT2D eigenvalue weighted by Gasteiger charge is -2.60. The average Bonchev–Trinajstić information content (AvgIpc) is 3.22. The maximum absolute atomic E-state index is 12.1. The van der Waals surface area contributed by atoms with Gasteiger partial charge in [-0.05, 0) is 86.0 Å². The molecule has 3 saturated carbocycles. The Balaban J connectivity index is 0.000000841. The minimum absolute atomic E-state index is 0.238. The van der Waals surface area contributed by atoms with E-state index in [-0.39, 0.29) is 5.41 Å². The van der Waals surface area contributed by atoms with Gasteiger partial charge in [0.15, 0.2) is 11.6 Å². The zero-order valence-corrected chi connectivity index (χ0v) is 24.1. The molecule has 4 aliphatic carbocycles. The second-order valence-corrected chi connectivity index (χ2v) is 10.6. The molecular weight excluding hydrogens is 408 g/mol. The molecule has 3 heteroatoms. The van der Waals surface area contributed by atoms with E-state index in [2.05, 4.69) is 27.7 Å². The van der Waals surface area contributed by atoms with Gasteiger partial charge in [-0.15, -0.1) is 0 Å². The summed E-state index contributed by atoms with van der Waals surface area (Å²) in [6, 6.07) is 0. The Morgan fingerprint density at radius 2 is 1.48 bits per heavy atom. The molecule has 0 aromatic carbocycles. The van der Waals surface area contributed by atoms with Crippen LogP contribution in [-0.4, -0.2) is 25.8 Å². The minimum atomic E-state index is -0.483. The molecule has 4 rings (SSSR count). The van der Waals surface area contributed by atoms with Gasteiger partial charge in [-0.3, -0.25) is 4.79 Å². The summed E-state index contributed by atoms with van der Waals surface area (Å²) < 4.78 is 11.8. The molecule has 194 valence electrons. The number of carbonyl (C=O) groups is 1. The molecule has 0 heterocycles. The molecule has 0 radical (unpaired) electrons. The van der Waals surface area contributed by atoms with Gasteiger partial charge in [0.1, 0.15) is 0 Å². The van der Waals surface area contributed by atoms with Gasteiger partial charge >= 0.3 is 0 Å². The van der Waals surface area contributed by atoms with Crippen LogP contribution in [0.1, 0.15) is 114 Å². The largest absolute Gasteiger partial charge is 0.353 e. The van der Waals surface area contributed by atoms with Gasteiger partial charge in [0.25, 0.3) is 0 Å². The molecule has 4 aliphatic rings. The number of methoxy groups -OCH3 is 2. The molecular formula is C30H56O3. The molecule has 3 fully saturated rings. The molecule has 0 aromatic heterocycles. The summed E-state index contributed by atoms with van der Waals surface area (Å²) in [4.78, 5) is 12.1. The smallest absolute Gasteiger partial charge is 0.168 e. The fourth-order valence-corrected chi connectivity index (χ4v) is 8.21. The summed E-state index contributed by atoms with van der Waals surface area (Å²) in [6.07, 6.45) is 10.1. The summed E-state index contributed by atoms with van der Waals surface area (Å²) >= 11 is 0. The number of hydrogen-bond donors (Lipinski definition) is 0. The van der Waals surface area contributed by atoms with Crippen molar-refractivity contribution >= 4 is 5.78 Å². The molecule has 0 amide bonds. The summed E-state index contributed by atoms with van der Waals surface area (Å²) in [5.41, 5.74) is 2.00. The van der Waals surface area contributed by atoms with Crippen molar-refractivity contribution in [1.29, 1.82) is 0 Å². The number of ketones is 1. The Bertz CT molecular complexity index is 649. The van der Waals surface area contributed by atoms with E-state index < -0.39 is 5.79 Å². The third-order valence-electron chi connectivity index (χ3n) is 9.72. The number of rotatable bonds is 3. The van der Waals surface area contributed by atoms with Gasteiger partial charge in [-0.25, -0.2) is 0 Å². The lowest BCUT2D eigenvalue weighted by atomic mass is 9.45. The van der Waals surface area contributed by atoms with Gasteiger partial charge < -0.3 is 9.47 Å². The summed E-state index contributed by atoms with van der Waals surface area (Å²) in [6.45, 7) is 21.5. The van der Waals surface area contributed by atoms with E-state index in [0.717, 1.165) is 30.6 Å². The SMILES string of the molecule is CC.CC.CC.COC(C)(OC)C1CCC2C3C[C@H](C)C4=CC(=O)CCC4(C)[C@H]3CCC21C. The van der Waals surface area contributed by atoms with Crippen molar-refractivity contribution in [1.82, 2.24) is 0 Å². The Labute approximate surface area is 206 Å². The van der Waals surface area contributed by atoms with Crippen LogP contribution < -0.4 is 0 Å². The highest BCUT2D eigenvalue weighted by atomic mass is 16.7. The first-order valence-electron chi connectivity index (χ1n) is 14.0. The van der Waals surface area contributed by atoms with E-state index in [1.54, 1.807) is 14.2 Å². The maximum Gasteiger partial charge on any atom is 0.168 e. The molecule has 0 N–H and O–H groups in total. The van der Waals surface area contributed by atoms with Crippen LogP contribution in [-0.2, 0) is 14.3 Å². The molecule has 33 heavy (non-hydrogen) atoms. The Morgan fingerprint density at radius 3 is 2.03 bits per heavy atom. The van der Waals surface area contributed by atoms with Crippen LogP contribution in [0.2, 0.25) is 0 Å². The van der Waals surface area contributed by atoms with Crippen LogP contribution in [0.15, 0.2) is 11.6 Å². The number of fused-ring (bicyclic) bond motifs is 5. The second kappa shape index (κ2) is 12.3. The van der Waals surface area contributed by atoms with Gasteiger partial charge in [-0.1, -0.05) is 67.9 Å². The molecule has 0 aromatic rings. The molecule has 0 aliphatic heterocycles. The van der Waals surface area contributed by atoms with Crippen molar-refractivity contribution in [2.45, 2.75) is 120 Å². The number of hydrogen-bond acceptors (Lipinski definition) is 3. The van der Waals surface area contributed by atoms with Gasteiger partial charge in [0.05, 0.1) is 0 Å². The second-order valence-electron chi connectivity index (χ2n) is 10.6. The monoisotopic (exact) mass is 464 g/mol. The predicted molar refractivity (Wildman–Crippen MR) is 141 cm³/mol. The van der Waals surface area contributed by atoms with Crippen molar-refractivity contribution in [2.24, 2.45) is 40.4 Å². The quantitative estimate of drug-likeness (QED) is 0.393. The Hall–Kier alpha value is -0.670. The third kappa shape index (κ3) is 5.15. The van der Waals surface area contributed by atoms with Crippen LogP contribution in [0.5, 0.6) is 0 Å². The number of allylic oxidation sites excluding steroid dienone is 1. The Morgan fingerprint density at radius 1 is 0.909 bits per heavy atom. The fraction of sp³-hybridized carbons (Fsp3) is 0.900. The maximum atomic E-state index is 12.1. The molecule has 5 unspecified atom stereocenters. The molecule has 0 bridgehead atoms.